The minimum Gasteiger partial charge on any atom is -0.508 e. The van der Waals surface area contributed by atoms with Gasteiger partial charge in [-0.25, -0.2) is 0 Å². The number of aromatic nitrogens is 1. The molecule has 0 spiro atoms. The Morgan fingerprint density at radius 3 is 2.55 bits per heavy atom. The van der Waals surface area contributed by atoms with E-state index in [0.717, 1.165) is 16.7 Å². The van der Waals surface area contributed by atoms with Crippen molar-refractivity contribution in [1.29, 1.82) is 0 Å². The molecule has 0 saturated heterocycles. The summed E-state index contributed by atoms with van der Waals surface area (Å²) in [5.41, 5.74) is 2.65. The molecule has 29 heavy (non-hydrogen) atoms. The molecular formula is C22H23N3O4. The highest BCUT2D eigenvalue weighted by Gasteiger charge is 2.13. The maximum absolute atomic E-state index is 12.1. The Bertz CT molecular complexity index is 983. The van der Waals surface area contributed by atoms with Crippen LogP contribution in [0.15, 0.2) is 59.1 Å². The first kappa shape index (κ1) is 20.1. The number of hydrogen-bond acceptors (Lipinski definition) is 5. The van der Waals surface area contributed by atoms with Crippen molar-refractivity contribution in [3.05, 3.63) is 71.4 Å². The van der Waals surface area contributed by atoms with E-state index in [1.54, 1.807) is 31.2 Å². The first-order valence-corrected chi connectivity index (χ1v) is 9.38. The number of carbonyl (C=O) groups is 2. The van der Waals surface area contributed by atoms with E-state index < -0.39 is 0 Å². The molecular weight excluding hydrogens is 370 g/mol. The molecule has 7 nitrogen and oxygen atoms in total. The van der Waals surface area contributed by atoms with E-state index in [-0.39, 0.29) is 29.7 Å². The molecule has 150 valence electrons. The third-order valence-electron chi connectivity index (χ3n) is 4.39. The molecule has 3 N–H and O–H groups in total. The van der Waals surface area contributed by atoms with E-state index in [4.69, 9.17) is 4.52 Å². The van der Waals surface area contributed by atoms with Gasteiger partial charge in [0.2, 0.25) is 5.91 Å². The normalized spacial score (nSPS) is 10.5. The summed E-state index contributed by atoms with van der Waals surface area (Å²) in [5.74, 6) is 0.327. The zero-order chi connectivity index (χ0) is 20.6. The summed E-state index contributed by atoms with van der Waals surface area (Å²) in [6, 6.07) is 16.1. The van der Waals surface area contributed by atoms with Gasteiger partial charge in [-0.05, 0) is 30.5 Å². The van der Waals surface area contributed by atoms with Crippen molar-refractivity contribution >= 4 is 11.8 Å². The molecule has 0 radical (unpaired) electrons. The van der Waals surface area contributed by atoms with E-state index in [2.05, 4.69) is 15.8 Å². The molecule has 0 aliphatic rings. The molecule has 0 unspecified atom stereocenters. The lowest BCUT2D eigenvalue weighted by atomic mass is 10.1. The third-order valence-corrected chi connectivity index (χ3v) is 4.39. The van der Waals surface area contributed by atoms with Gasteiger partial charge < -0.3 is 20.3 Å². The number of phenolic OH excluding ortho intramolecular Hbond substituents is 1. The van der Waals surface area contributed by atoms with Crippen LogP contribution >= 0.6 is 0 Å². The first-order valence-electron chi connectivity index (χ1n) is 9.38. The summed E-state index contributed by atoms with van der Waals surface area (Å²) < 4.78 is 5.22. The molecule has 0 saturated carbocycles. The van der Waals surface area contributed by atoms with Gasteiger partial charge in [-0.2, -0.15) is 0 Å². The summed E-state index contributed by atoms with van der Waals surface area (Å²) in [6.07, 6.45) is 0.837. The van der Waals surface area contributed by atoms with Crippen LogP contribution in [0.4, 0.5) is 0 Å². The number of phenols is 1. The molecule has 3 rings (SSSR count). The summed E-state index contributed by atoms with van der Waals surface area (Å²) in [6.45, 7) is 2.65. The number of hydrogen-bond donors (Lipinski definition) is 3. The lowest BCUT2D eigenvalue weighted by Crippen LogP contribution is -2.30. The number of nitrogens with zero attached hydrogens (tertiary/aromatic N) is 1. The average molecular weight is 393 g/mol. The Labute approximate surface area is 168 Å². The maximum Gasteiger partial charge on any atom is 0.273 e. The van der Waals surface area contributed by atoms with Gasteiger partial charge in [0.1, 0.15) is 5.75 Å². The van der Waals surface area contributed by atoms with Gasteiger partial charge in [-0.15, -0.1) is 0 Å². The lowest BCUT2D eigenvalue weighted by Gasteiger charge is -2.07. The number of benzene rings is 2. The van der Waals surface area contributed by atoms with Crippen LogP contribution in [0.25, 0.3) is 11.3 Å². The van der Waals surface area contributed by atoms with E-state index in [0.29, 0.717) is 25.3 Å². The topological polar surface area (TPSA) is 104 Å². The average Bonchev–Trinajstić information content (AvgIpc) is 3.21. The SMILES string of the molecule is Cc1cc(CC(=O)NCCCNC(=O)c2cc(-c3ccccc3)on2)ccc1O. The smallest absolute Gasteiger partial charge is 0.273 e. The van der Waals surface area contributed by atoms with Crippen molar-refractivity contribution in [2.45, 2.75) is 19.8 Å². The van der Waals surface area contributed by atoms with Crippen molar-refractivity contribution in [2.24, 2.45) is 0 Å². The Morgan fingerprint density at radius 1 is 1.03 bits per heavy atom. The van der Waals surface area contributed by atoms with Gasteiger partial charge in [0, 0.05) is 24.7 Å². The van der Waals surface area contributed by atoms with Crippen LogP contribution in [-0.4, -0.2) is 35.2 Å². The number of amides is 2. The summed E-state index contributed by atoms with van der Waals surface area (Å²) in [5, 5.41) is 18.9. The highest BCUT2D eigenvalue weighted by Crippen LogP contribution is 2.19. The van der Waals surface area contributed by atoms with Crippen molar-refractivity contribution in [2.75, 3.05) is 13.1 Å². The summed E-state index contributed by atoms with van der Waals surface area (Å²) in [7, 11) is 0. The Hall–Kier alpha value is -3.61. The van der Waals surface area contributed by atoms with E-state index in [1.165, 1.54) is 0 Å². The summed E-state index contributed by atoms with van der Waals surface area (Å²) >= 11 is 0. The van der Waals surface area contributed by atoms with E-state index in [1.807, 2.05) is 30.3 Å². The molecule has 0 fully saturated rings. The fourth-order valence-corrected chi connectivity index (χ4v) is 2.80. The van der Waals surface area contributed by atoms with Gasteiger partial charge in [0.15, 0.2) is 11.5 Å². The fraction of sp³-hybridized carbons (Fsp3) is 0.227. The van der Waals surface area contributed by atoms with E-state index in [9.17, 15) is 14.7 Å². The lowest BCUT2D eigenvalue weighted by molar-refractivity contribution is -0.120. The zero-order valence-corrected chi connectivity index (χ0v) is 16.1. The predicted molar refractivity (Wildman–Crippen MR) is 108 cm³/mol. The molecule has 0 aliphatic carbocycles. The van der Waals surface area contributed by atoms with Gasteiger partial charge in [0.05, 0.1) is 6.42 Å². The molecule has 0 atom stereocenters. The molecule has 2 aromatic carbocycles. The zero-order valence-electron chi connectivity index (χ0n) is 16.1. The van der Waals surface area contributed by atoms with Gasteiger partial charge in [0.25, 0.3) is 5.91 Å². The quantitative estimate of drug-likeness (QED) is 0.511. The molecule has 1 aromatic heterocycles. The Kier molecular flexibility index (Phi) is 6.63. The predicted octanol–water partition coefficient (Wildman–Crippen LogP) is 2.83. The van der Waals surface area contributed by atoms with Crippen LogP contribution < -0.4 is 10.6 Å². The maximum atomic E-state index is 12.1. The van der Waals surface area contributed by atoms with Crippen molar-refractivity contribution in [1.82, 2.24) is 15.8 Å². The Balaban J connectivity index is 1.37. The molecule has 1 heterocycles. The van der Waals surface area contributed by atoms with Crippen molar-refractivity contribution < 1.29 is 19.2 Å². The van der Waals surface area contributed by atoms with Crippen LogP contribution in [0.2, 0.25) is 0 Å². The van der Waals surface area contributed by atoms with Crippen LogP contribution in [0.5, 0.6) is 5.75 Å². The third kappa shape index (κ3) is 5.68. The minimum atomic E-state index is -0.318. The second-order valence-electron chi connectivity index (χ2n) is 6.70. The van der Waals surface area contributed by atoms with Crippen molar-refractivity contribution in [3.8, 4) is 17.1 Å². The molecule has 7 heteroatoms. The molecule has 2 amide bonds. The van der Waals surface area contributed by atoms with E-state index >= 15 is 0 Å². The molecule has 0 bridgehead atoms. The number of aryl methyl sites for hydroxylation is 1. The number of rotatable bonds is 8. The monoisotopic (exact) mass is 393 g/mol. The minimum absolute atomic E-state index is 0.106. The second-order valence-corrected chi connectivity index (χ2v) is 6.70. The molecule has 3 aromatic rings. The largest absolute Gasteiger partial charge is 0.508 e. The second kappa shape index (κ2) is 9.54. The van der Waals surface area contributed by atoms with Gasteiger partial charge >= 0.3 is 0 Å². The van der Waals surface area contributed by atoms with Crippen LogP contribution in [-0.2, 0) is 11.2 Å². The van der Waals surface area contributed by atoms with Crippen LogP contribution in [0.1, 0.15) is 28.0 Å². The number of aromatic hydroxyl groups is 1. The standard InChI is InChI=1S/C22H23N3O4/c1-15-12-16(8-9-19(15)26)13-21(27)23-10-5-11-24-22(28)18-14-20(29-25-18)17-6-3-2-4-7-17/h2-4,6-9,12,14,26H,5,10-11,13H2,1H3,(H,23,27)(H,24,28). The first-order chi connectivity index (χ1) is 14.0. The van der Waals surface area contributed by atoms with Crippen molar-refractivity contribution in [3.63, 3.8) is 0 Å². The van der Waals surface area contributed by atoms with Gasteiger partial charge in [-0.1, -0.05) is 47.6 Å². The number of carbonyl (C=O) groups excluding carboxylic acids is 2. The summed E-state index contributed by atoms with van der Waals surface area (Å²) in [4.78, 5) is 24.1. The highest BCUT2D eigenvalue weighted by molar-refractivity contribution is 5.93. The van der Waals surface area contributed by atoms with Crippen LogP contribution in [0, 0.1) is 6.92 Å². The Morgan fingerprint density at radius 2 is 1.79 bits per heavy atom. The molecule has 0 aliphatic heterocycles. The fourth-order valence-electron chi connectivity index (χ4n) is 2.80. The van der Waals surface area contributed by atoms with Crippen LogP contribution in [0.3, 0.4) is 0 Å². The highest BCUT2D eigenvalue weighted by atomic mass is 16.5. The van der Waals surface area contributed by atoms with Gasteiger partial charge in [-0.3, -0.25) is 9.59 Å². The number of nitrogens with one attached hydrogen (secondary N) is 2.